The lowest BCUT2D eigenvalue weighted by Crippen LogP contribution is -2.06. The topological polar surface area (TPSA) is 9.23 Å². The van der Waals surface area contributed by atoms with Crippen molar-refractivity contribution in [1.29, 1.82) is 0 Å². The van der Waals surface area contributed by atoms with E-state index in [1.807, 2.05) is 30.3 Å². The zero-order chi connectivity index (χ0) is 19.5. The first-order chi connectivity index (χ1) is 13.6. The molecule has 1 nitrogen and oxygen atoms in total. The molecule has 28 heavy (non-hydrogen) atoms. The molecule has 0 atom stereocenters. The van der Waals surface area contributed by atoms with Crippen molar-refractivity contribution in [2.24, 2.45) is 5.92 Å². The highest BCUT2D eigenvalue weighted by Gasteiger charge is 2.18. The maximum absolute atomic E-state index is 14.8. The fraction of sp³-hybridized carbons (Fsp3) is 0.333. The second-order valence-corrected chi connectivity index (χ2v) is 8.49. The quantitative estimate of drug-likeness (QED) is 0.418. The van der Waals surface area contributed by atoms with Gasteiger partial charge in [-0.2, -0.15) is 0 Å². The van der Waals surface area contributed by atoms with Crippen molar-refractivity contribution in [3.05, 3.63) is 65.7 Å². The van der Waals surface area contributed by atoms with E-state index in [9.17, 15) is 8.78 Å². The zero-order valence-electron chi connectivity index (χ0n) is 16.0. The largest absolute Gasteiger partial charge is 0.484 e. The van der Waals surface area contributed by atoms with Crippen LogP contribution in [-0.2, 0) is 6.42 Å². The molecule has 1 aromatic heterocycles. The molecule has 1 fully saturated rings. The fourth-order valence-electron chi connectivity index (χ4n) is 3.82. The molecule has 1 aliphatic rings. The van der Waals surface area contributed by atoms with Gasteiger partial charge in [-0.3, -0.25) is 0 Å². The summed E-state index contributed by atoms with van der Waals surface area (Å²) >= 11 is 1.30. The molecule has 1 saturated carbocycles. The Morgan fingerprint density at radius 2 is 1.61 bits per heavy atom. The first-order valence-corrected chi connectivity index (χ1v) is 10.8. The number of hydrogen-bond acceptors (Lipinski definition) is 2. The summed E-state index contributed by atoms with van der Waals surface area (Å²) in [5.41, 5.74) is 2.59. The molecule has 1 heterocycles. The Bertz CT molecular complexity index is 916. The summed E-state index contributed by atoms with van der Waals surface area (Å²) in [6, 6.07) is 14.2. The molecule has 0 unspecified atom stereocenters. The van der Waals surface area contributed by atoms with Gasteiger partial charge >= 0.3 is 0 Å². The van der Waals surface area contributed by atoms with Crippen LogP contribution in [0.3, 0.4) is 0 Å². The first kappa shape index (κ1) is 19.1. The molecular weight excluding hydrogens is 374 g/mol. The third-order valence-corrected chi connectivity index (χ3v) is 6.52. The van der Waals surface area contributed by atoms with Crippen molar-refractivity contribution < 1.29 is 13.5 Å². The number of rotatable bonds is 6. The standard InChI is InChI=1S/C24H24F2OS/c1-2-16-7-9-18(10-8-16)19-13-20(25)24(21(26)14-19)22-11-12-23(28-22)27-15-17-5-3-4-6-17/h7-14,17H,2-6,15H2,1H3. The average Bonchev–Trinajstić information content (AvgIpc) is 3.38. The molecule has 2 aromatic carbocycles. The van der Waals surface area contributed by atoms with Gasteiger partial charge in [-0.05, 0) is 66.1 Å². The summed E-state index contributed by atoms with van der Waals surface area (Å²) in [5.74, 6) is -0.477. The van der Waals surface area contributed by atoms with E-state index in [2.05, 4.69) is 6.92 Å². The maximum Gasteiger partial charge on any atom is 0.174 e. The summed E-state index contributed by atoms with van der Waals surface area (Å²) in [7, 11) is 0. The maximum atomic E-state index is 14.8. The highest BCUT2D eigenvalue weighted by molar-refractivity contribution is 7.17. The lowest BCUT2D eigenvalue weighted by Gasteiger charge is -2.09. The molecule has 1 aliphatic carbocycles. The molecule has 0 aliphatic heterocycles. The first-order valence-electron chi connectivity index (χ1n) is 9.95. The van der Waals surface area contributed by atoms with Gasteiger partial charge in [0, 0.05) is 4.88 Å². The molecule has 0 spiro atoms. The Labute approximate surface area is 169 Å². The number of benzene rings is 2. The molecule has 0 radical (unpaired) electrons. The van der Waals surface area contributed by atoms with E-state index in [4.69, 9.17) is 4.74 Å². The third kappa shape index (κ3) is 4.12. The average molecular weight is 399 g/mol. The zero-order valence-corrected chi connectivity index (χ0v) is 16.8. The van der Waals surface area contributed by atoms with Crippen LogP contribution in [0, 0.1) is 17.6 Å². The SMILES string of the molecule is CCc1ccc(-c2cc(F)c(-c3ccc(OCC4CCCC4)s3)c(F)c2)cc1. The van der Waals surface area contributed by atoms with Gasteiger partial charge in [0.2, 0.25) is 0 Å². The number of thiophene rings is 1. The van der Waals surface area contributed by atoms with E-state index in [-0.39, 0.29) is 5.56 Å². The van der Waals surface area contributed by atoms with Crippen molar-refractivity contribution >= 4 is 11.3 Å². The van der Waals surface area contributed by atoms with E-state index >= 15 is 0 Å². The lowest BCUT2D eigenvalue weighted by atomic mass is 10.0. The predicted molar refractivity (Wildman–Crippen MR) is 112 cm³/mol. The van der Waals surface area contributed by atoms with Gasteiger partial charge in [0.25, 0.3) is 0 Å². The van der Waals surface area contributed by atoms with Gasteiger partial charge in [-0.15, -0.1) is 0 Å². The molecule has 0 amide bonds. The Morgan fingerprint density at radius 1 is 0.929 bits per heavy atom. The van der Waals surface area contributed by atoms with Gasteiger partial charge < -0.3 is 4.74 Å². The van der Waals surface area contributed by atoms with Crippen molar-refractivity contribution in [3.8, 4) is 26.6 Å². The summed E-state index contributed by atoms with van der Waals surface area (Å²) in [6.45, 7) is 2.77. The van der Waals surface area contributed by atoms with Crippen LogP contribution < -0.4 is 4.74 Å². The van der Waals surface area contributed by atoms with Crippen LogP contribution in [-0.4, -0.2) is 6.61 Å². The van der Waals surface area contributed by atoms with E-state index in [1.54, 1.807) is 6.07 Å². The lowest BCUT2D eigenvalue weighted by molar-refractivity contribution is 0.259. The minimum Gasteiger partial charge on any atom is -0.484 e. The summed E-state index contributed by atoms with van der Waals surface area (Å²) in [6.07, 6.45) is 5.90. The Balaban J connectivity index is 1.54. The van der Waals surface area contributed by atoms with Crippen LogP contribution in [0.15, 0.2) is 48.5 Å². The summed E-state index contributed by atoms with van der Waals surface area (Å²) in [5, 5.41) is 0.722. The number of hydrogen-bond donors (Lipinski definition) is 0. The number of ether oxygens (including phenoxy) is 1. The van der Waals surface area contributed by atoms with Crippen LogP contribution in [0.25, 0.3) is 21.6 Å². The van der Waals surface area contributed by atoms with Gasteiger partial charge in [-0.25, -0.2) is 8.78 Å². The van der Waals surface area contributed by atoms with Crippen LogP contribution in [0.4, 0.5) is 8.78 Å². The Morgan fingerprint density at radius 3 is 2.25 bits per heavy atom. The van der Waals surface area contributed by atoms with E-state index < -0.39 is 11.6 Å². The number of aryl methyl sites for hydroxylation is 1. The molecule has 0 saturated heterocycles. The minimum absolute atomic E-state index is 0.0228. The number of halogens is 2. The molecule has 0 N–H and O–H groups in total. The monoisotopic (exact) mass is 398 g/mol. The molecule has 0 bridgehead atoms. The highest BCUT2D eigenvalue weighted by atomic mass is 32.1. The van der Waals surface area contributed by atoms with Crippen LogP contribution in [0.5, 0.6) is 5.06 Å². The Kier molecular flexibility index (Phi) is 5.77. The van der Waals surface area contributed by atoms with Crippen molar-refractivity contribution in [2.75, 3.05) is 6.61 Å². The molecule has 4 heteroatoms. The summed E-state index contributed by atoms with van der Waals surface area (Å²) < 4.78 is 35.4. The van der Waals surface area contributed by atoms with Gasteiger partial charge in [0.1, 0.15) is 11.6 Å². The molecule has 146 valence electrons. The van der Waals surface area contributed by atoms with E-state index in [0.717, 1.165) is 17.0 Å². The van der Waals surface area contributed by atoms with Crippen LogP contribution in [0.1, 0.15) is 38.2 Å². The molecule has 4 rings (SSSR count). The van der Waals surface area contributed by atoms with Crippen LogP contribution in [0.2, 0.25) is 0 Å². The Hall–Kier alpha value is -2.20. The summed E-state index contributed by atoms with van der Waals surface area (Å²) in [4.78, 5) is 0.560. The van der Waals surface area contributed by atoms with Gasteiger partial charge in [0.15, 0.2) is 5.06 Å². The fourth-order valence-corrected chi connectivity index (χ4v) is 4.73. The van der Waals surface area contributed by atoms with Gasteiger partial charge in [-0.1, -0.05) is 55.4 Å². The van der Waals surface area contributed by atoms with Crippen molar-refractivity contribution in [3.63, 3.8) is 0 Å². The minimum atomic E-state index is -0.543. The smallest absolute Gasteiger partial charge is 0.174 e. The van der Waals surface area contributed by atoms with E-state index in [1.165, 1.54) is 54.7 Å². The van der Waals surface area contributed by atoms with Crippen molar-refractivity contribution in [2.45, 2.75) is 39.0 Å². The van der Waals surface area contributed by atoms with E-state index in [0.29, 0.717) is 23.0 Å². The molecular formula is C24H24F2OS. The normalized spacial score (nSPS) is 14.5. The van der Waals surface area contributed by atoms with Gasteiger partial charge in [0.05, 0.1) is 12.2 Å². The second-order valence-electron chi connectivity index (χ2n) is 7.45. The third-order valence-electron chi connectivity index (χ3n) is 5.50. The highest BCUT2D eigenvalue weighted by Crippen LogP contribution is 2.38. The van der Waals surface area contributed by atoms with Crippen LogP contribution >= 0.6 is 11.3 Å². The molecule has 3 aromatic rings. The predicted octanol–water partition coefficient (Wildman–Crippen LogP) is 7.49. The second kappa shape index (κ2) is 8.44. The van der Waals surface area contributed by atoms with Crippen molar-refractivity contribution in [1.82, 2.24) is 0 Å².